The highest BCUT2D eigenvalue weighted by Gasteiger charge is 2.32. The third-order valence-corrected chi connectivity index (χ3v) is 10.3. The molecule has 3 aromatic rings. The molecule has 0 aliphatic carbocycles. The number of hydrogen-bond acceptors (Lipinski definition) is 7. The molecule has 14 nitrogen and oxygen atoms in total. The zero-order valence-electron chi connectivity index (χ0n) is 32.1. The summed E-state index contributed by atoms with van der Waals surface area (Å²) in [5.74, 6) is -0.706. The molecule has 0 radical (unpaired) electrons. The molecule has 0 bridgehead atoms. The van der Waals surface area contributed by atoms with Crippen molar-refractivity contribution in [1.29, 1.82) is 0 Å². The van der Waals surface area contributed by atoms with Crippen LogP contribution in [0.25, 0.3) is 0 Å². The first-order valence-electron chi connectivity index (χ1n) is 18.1. The minimum Gasteiger partial charge on any atom is -1.00 e. The van der Waals surface area contributed by atoms with Crippen LogP contribution in [-0.2, 0) is 34.0 Å². The number of likely N-dealkylation sites (N-methyl/N-ethyl adjacent to an activating group) is 4. The Kier molecular flexibility index (Phi) is 18.5. The van der Waals surface area contributed by atoms with Gasteiger partial charge in [0, 0.05) is 62.1 Å². The molecule has 3 amide bonds. The second kappa shape index (κ2) is 21.7. The number of benzene rings is 3. The molecule has 0 spiro atoms. The number of amides is 3. The van der Waals surface area contributed by atoms with E-state index in [1.807, 2.05) is 18.2 Å². The predicted octanol–water partition coefficient (Wildman–Crippen LogP) is -1.38. The SMILES string of the molecule is CN(CC[N+](C)(Cc1ccccc1)Cc1ccc([N+](=O)[O-])cc1)C(=O)CN(C)C(=O)CN(C)C(=O)CC[N+]1(Cc2ccc([N+](=O)[O-])cc2)CCCCC1.[Br-].[Br-]. The Morgan fingerprint density at radius 3 is 1.62 bits per heavy atom. The minimum atomic E-state index is -0.416. The zero-order valence-corrected chi connectivity index (χ0v) is 35.3. The van der Waals surface area contributed by atoms with Crippen molar-refractivity contribution >= 4 is 29.1 Å². The maximum atomic E-state index is 13.3. The Morgan fingerprint density at radius 2 is 1.11 bits per heavy atom. The number of hydrogen-bond donors (Lipinski definition) is 0. The van der Waals surface area contributed by atoms with Crippen LogP contribution in [-0.4, -0.2) is 125 Å². The van der Waals surface area contributed by atoms with Gasteiger partial charge in [-0.3, -0.25) is 34.6 Å². The number of non-ortho nitro benzene ring substituents is 2. The average Bonchev–Trinajstić information content (AvgIpc) is 3.14. The molecular formula is C39H53Br2N7O7. The minimum absolute atomic E-state index is 0. The number of halogens is 2. The molecule has 300 valence electrons. The van der Waals surface area contributed by atoms with E-state index in [-0.39, 0.29) is 82.6 Å². The van der Waals surface area contributed by atoms with Gasteiger partial charge in [-0.15, -0.1) is 0 Å². The highest BCUT2D eigenvalue weighted by Crippen LogP contribution is 2.25. The number of carbonyl (C=O) groups excluding carboxylic acids is 3. The van der Waals surface area contributed by atoms with Crippen molar-refractivity contribution in [2.24, 2.45) is 0 Å². The summed E-state index contributed by atoms with van der Waals surface area (Å²) in [5.41, 5.74) is 3.16. The second-order valence-electron chi connectivity index (χ2n) is 14.8. The van der Waals surface area contributed by atoms with E-state index >= 15 is 0 Å². The molecule has 0 saturated carbocycles. The van der Waals surface area contributed by atoms with Crippen molar-refractivity contribution in [2.45, 2.75) is 45.3 Å². The lowest BCUT2D eigenvalue weighted by molar-refractivity contribution is -0.944. The summed E-state index contributed by atoms with van der Waals surface area (Å²) in [5, 5.41) is 22.2. The Balaban J connectivity index is 0.00000523. The number of rotatable bonds is 18. The molecule has 3 aromatic carbocycles. The molecule has 1 unspecified atom stereocenters. The maximum Gasteiger partial charge on any atom is 0.269 e. The highest BCUT2D eigenvalue weighted by molar-refractivity contribution is 5.88. The first-order chi connectivity index (χ1) is 25.2. The molecule has 1 fully saturated rings. The third kappa shape index (κ3) is 14.4. The van der Waals surface area contributed by atoms with Crippen LogP contribution in [0.15, 0.2) is 78.9 Å². The number of nitrogens with zero attached hydrogens (tertiary/aromatic N) is 7. The normalized spacial score (nSPS) is 14.3. The van der Waals surface area contributed by atoms with E-state index in [2.05, 4.69) is 19.2 Å². The smallest absolute Gasteiger partial charge is 0.269 e. The molecule has 4 rings (SSSR count). The monoisotopic (exact) mass is 889 g/mol. The van der Waals surface area contributed by atoms with Crippen molar-refractivity contribution in [3.8, 4) is 0 Å². The van der Waals surface area contributed by atoms with Crippen molar-refractivity contribution in [2.75, 3.05) is 74.0 Å². The van der Waals surface area contributed by atoms with Gasteiger partial charge in [0.2, 0.25) is 17.7 Å². The van der Waals surface area contributed by atoms with Gasteiger partial charge < -0.3 is 57.6 Å². The molecule has 1 aliphatic heterocycles. The van der Waals surface area contributed by atoms with Crippen LogP contribution in [0, 0.1) is 20.2 Å². The van der Waals surface area contributed by atoms with Gasteiger partial charge in [-0.25, -0.2) is 0 Å². The number of quaternary nitrogens is 2. The Hall–Kier alpha value is -4.25. The number of carbonyl (C=O) groups is 3. The summed E-state index contributed by atoms with van der Waals surface area (Å²) in [4.78, 5) is 65.5. The number of likely N-dealkylation sites (tertiary alicyclic amines) is 1. The topological polar surface area (TPSA) is 147 Å². The maximum absolute atomic E-state index is 13.3. The lowest BCUT2D eigenvalue weighted by Gasteiger charge is -2.42. The first kappa shape index (κ1) is 46.9. The number of nitro groups is 2. The van der Waals surface area contributed by atoms with E-state index in [1.54, 1.807) is 50.3 Å². The molecular weight excluding hydrogens is 838 g/mol. The summed E-state index contributed by atoms with van der Waals surface area (Å²) >= 11 is 0. The Labute approximate surface area is 344 Å². The standard InChI is InChI=1S/C39H53N7O7.2BrH/c1-40(22-26-45(4,29-32-11-7-5-8-12-32)30-33-13-17-35(18-14-33)43(50)51)38(48)27-42(3)39(49)28-41(2)37(47)21-25-46(23-9-6-10-24-46)31-34-15-19-36(20-16-34)44(52)53;;/h5,7-8,11-20H,6,9-10,21-31H2,1-4H3;2*1H/q+2;;/p-2. The largest absolute Gasteiger partial charge is 1.00 e. The summed E-state index contributed by atoms with van der Waals surface area (Å²) < 4.78 is 1.28. The van der Waals surface area contributed by atoms with Crippen molar-refractivity contribution in [3.63, 3.8) is 0 Å². The quantitative estimate of drug-likeness (QED) is 0.0871. The molecule has 0 aromatic heterocycles. The van der Waals surface area contributed by atoms with Gasteiger partial charge in [-0.2, -0.15) is 0 Å². The summed E-state index contributed by atoms with van der Waals surface area (Å²) in [6.45, 7) is 5.20. The molecule has 55 heavy (non-hydrogen) atoms. The second-order valence-corrected chi connectivity index (χ2v) is 14.8. The predicted molar refractivity (Wildman–Crippen MR) is 201 cm³/mol. The molecule has 1 heterocycles. The van der Waals surface area contributed by atoms with E-state index in [1.165, 1.54) is 34.1 Å². The highest BCUT2D eigenvalue weighted by atomic mass is 79.9. The number of nitro benzene ring substituents is 2. The van der Waals surface area contributed by atoms with Crippen LogP contribution >= 0.6 is 0 Å². The van der Waals surface area contributed by atoms with Gasteiger partial charge in [0.05, 0.1) is 69.1 Å². The molecule has 1 atom stereocenters. The van der Waals surface area contributed by atoms with Crippen LogP contribution < -0.4 is 34.0 Å². The van der Waals surface area contributed by atoms with Crippen LogP contribution in [0.4, 0.5) is 11.4 Å². The Morgan fingerprint density at radius 1 is 0.655 bits per heavy atom. The van der Waals surface area contributed by atoms with Crippen LogP contribution in [0.2, 0.25) is 0 Å². The van der Waals surface area contributed by atoms with Gasteiger partial charge >= 0.3 is 0 Å². The summed E-state index contributed by atoms with van der Waals surface area (Å²) in [7, 11) is 6.98. The van der Waals surface area contributed by atoms with Crippen molar-refractivity contribution < 1.29 is 67.2 Å². The van der Waals surface area contributed by atoms with Crippen LogP contribution in [0.5, 0.6) is 0 Å². The van der Waals surface area contributed by atoms with Crippen LogP contribution in [0.1, 0.15) is 42.4 Å². The van der Waals surface area contributed by atoms with Crippen molar-refractivity contribution in [3.05, 3.63) is 116 Å². The third-order valence-electron chi connectivity index (χ3n) is 10.3. The van der Waals surface area contributed by atoms with Crippen LogP contribution in [0.3, 0.4) is 0 Å². The van der Waals surface area contributed by atoms with E-state index in [4.69, 9.17) is 0 Å². The molecule has 1 saturated heterocycles. The van der Waals surface area contributed by atoms with Gasteiger partial charge in [0.1, 0.15) is 19.6 Å². The lowest BCUT2D eigenvalue weighted by atomic mass is 10.0. The average molecular weight is 892 g/mol. The van der Waals surface area contributed by atoms with E-state index in [0.717, 1.165) is 53.5 Å². The van der Waals surface area contributed by atoms with E-state index in [9.17, 15) is 34.6 Å². The Bertz CT molecular complexity index is 1730. The molecule has 0 N–H and O–H groups in total. The fraction of sp³-hybridized carbons (Fsp3) is 0.462. The van der Waals surface area contributed by atoms with Gasteiger partial charge in [-0.05, 0) is 43.5 Å². The van der Waals surface area contributed by atoms with Gasteiger partial charge in [0.15, 0.2) is 0 Å². The zero-order chi connectivity index (χ0) is 38.6. The lowest BCUT2D eigenvalue weighted by Crippen LogP contribution is -3.00. The molecule has 16 heteroatoms. The fourth-order valence-corrected chi connectivity index (χ4v) is 7.02. The summed E-state index contributed by atoms with van der Waals surface area (Å²) in [6, 6.07) is 23.2. The fourth-order valence-electron chi connectivity index (χ4n) is 7.02. The van der Waals surface area contributed by atoms with Gasteiger partial charge in [0.25, 0.3) is 11.4 Å². The van der Waals surface area contributed by atoms with E-state index in [0.29, 0.717) is 43.8 Å². The van der Waals surface area contributed by atoms with E-state index < -0.39 is 9.85 Å². The first-order valence-corrected chi connectivity index (χ1v) is 18.1. The van der Waals surface area contributed by atoms with Gasteiger partial charge in [-0.1, -0.05) is 30.3 Å². The van der Waals surface area contributed by atoms with Crippen molar-refractivity contribution in [1.82, 2.24) is 14.7 Å². The molecule has 1 aliphatic rings. The summed E-state index contributed by atoms with van der Waals surface area (Å²) in [6.07, 6.45) is 3.50. The number of piperidine rings is 1.